The Labute approximate surface area is 142 Å². The molecule has 0 aromatic carbocycles. The first kappa shape index (κ1) is 15.7. The molecule has 0 bridgehead atoms. The maximum Gasteiger partial charge on any atom is 0.267 e. The number of thioether (sulfide) groups is 1. The predicted molar refractivity (Wildman–Crippen MR) is 94.3 cm³/mol. The number of carbonyl (C=O) groups excluding carboxylic acids is 1. The van der Waals surface area contributed by atoms with Crippen LogP contribution in [0.25, 0.3) is 0 Å². The molecule has 1 unspecified atom stereocenters. The van der Waals surface area contributed by atoms with Gasteiger partial charge in [0.25, 0.3) is 5.91 Å². The van der Waals surface area contributed by atoms with Crippen LogP contribution in [0.15, 0.2) is 23.1 Å². The maximum atomic E-state index is 12.4. The second-order valence-corrected chi connectivity index (χ2v) is 8.72. The minimum Gasteiger partial charge on any atom is -0.296 e. The smallest absolute Gasteiger partial charge is 0.267 e. The summed E-state index contributed by atoms with van der Waals surface area (Å²) in [5.74, 6) is 1.42. The molecule has 1 aliphatic rings. The second-order valence-electron chi connectivity index (χ2n) is 5.33. The molecule has 1 N–H and O–H groups in total. The average Bonchev–Trinajstić information content (AvgIpc) is 3.11. The van der Waals surface area contributed by atoms with E-state index in [0.717, 1.165) is 27.8 Å². The van der Waals surface area contributed by atoms with E-state index in [1.165, 1.54) is 28.2 Å². The Morgan fingerprint density at radius 2 is 2.41 bits per heavy atom. The third-order valence-corrected chi connectivity index (χ3v) is 6.71. The number of aryl methyl sites for hydroxylation is 1. The lowest BCUT2D eigenvalue weighted by atomic mass is 9.90. The van der Waals surface area contributed by atoms with E-state index in [1.807, 2.05) is 12.1 Å². The molecule has 2 aromatic heterocycles. The Kier molecular flexibility index (Phi) is 4.95. The first-order valence-electron chi connectivity index (χ1n) is 7.16. The van der Waals surface area contributed by atoms with E-state index in [4.69, 9.17) is 0 Å². The lowest BCUT2D eigenvalue weighted by Gasteiger charge is -2.16. The Morgan fingerprint density at radius 3 is 3.23 bits per heavy atom. The van der Waals surface area contributed by atoms with Crippen molar-refractivity contribution in [2.45, 2.75) is 30.5 Å². The summed E-state index contributed by atoms with van der Waals surface area (Å²) in [6.07, 6.45) is 5.21. The van der Waals surface area contributed by atoms with Crippen molar-refractivity contribution in [3.05, 3.63) is 34.0 Å². The molecule has 1 aliphatic carbocycles. The van der Waals surface area contributed by atoms with Crippen LogP contribution in [0.2, 0.25) is 0 Å². The molecule has 7 heteroatoms. The van der Waals surface area contributed by atoms with Gasteiger partial charge >= 0.3 is 0 Å². The van der Waals surface area contributed by atoms with Gasteiger partial charge in [0.05, 0.1) is 4.88 Å². The fourth-order valence-corrected chi connectivity index (χ4v) is 5.04. The zero-order valence-electron chi connectivity index (χ0n) is 12.3. The molecule has 0 saturated carbocycles. The first-order chi connectivity index (χ1) is 10.7. The van der Waals surface area contributed by atoms with Crippen LogP contribution >= 0.6 is 34.4 Å². The van der Waals surface area contributed by atoms with E-state index in [2.05, 4.69) is 29.0 Å². The summed E-state index contributed by atoms with van der Waals surface area (Å²) >= 11 is 4.57. The molecule has 4 nitrogen and oxygen atoms in total. The number of nitrogens with one attached hydrogen (secondary N) is 1. The largest absolute Gasteiger partial charge is 0.296 e. The quantitative estimate of drug-likeness (QED) is 0.497. The van der Waals surface area contributed by atoms with Gasteiger partial charge in [0.2, 0.25) is 5.13 Å². The average molecular weight is 352 g/mol. The van der Waals surface area contributed by atoms with Crippen LogP contribution in [0.1, 0.15) is 33.5 Å². The highest BCUT2D eigenvalue weighted by molar-refractivity contribution is 8.01. The molecule has 116 valence electrons. The molecular formula is C15H17N3OS3. The van der Waals surface area contributed by atoms with E-state index in [9.17, 15) is 4.79 Å². The zero-order valence-corrected chi connectivity index (χ0v) is 14.7. The van der Waals surface area contributed by atoms with E-state index in [1.54, 1.807) is 23.1 Å². The topological polar surface area (TPSA) is 54.9 Å². The minimum absolute atomic E-state index is 0.0801. The van der Waals surface area contributed by atoms with Crippen LogP contribution in [-0.2, 0) is 12.8 Å². The molecule has 0 radical (unpaired) electrons. The number of nitrogens with zero attached hydrogens (tertiary/aromatic N) is 2. The number of hydrogen-bond donors (Lipinski definition) is 1. The van der Waals surface area contributed by atoms with Crippen LogP contribution in [0.3, 0.4) is 0 Å². The van der Waals surface area contributed by atoms with Crippen molar-refractivity contribution in [2.24, 2.45) is 5.92 Å². The van der Waals surface area contributed by atoms with E-state index in [-0.39, 0.29) is 5.91 Å². The molecule has 3 rings (SSSR count). The molecule has 1 atom stereocenters. The Hall–Kier alpha value is -1.18. The predicted octanol–water partition coefficient (Wildman–Crippen LogP) is 4.25. The number of amides is 1. The van der Waals surface area contributed by atoms with Gasteiger partial charge in [-0.05, 0) is 36.8 Å². The summed E-state index contributed by atoms with van der Waals surface area (Å²) in [4.78, 5) is 14.5. The molecule has 2 aromatic rings. The van der Waals surface area contributed by atoms with E-state index >= 15 is 0 Å². The van der Waals surface area contributed by atoms with Crippen molar-refractivity contribution in [1.82, 2.24) is 10.2 Å². The van der Waals surface area contributed by atoms with Crippen molar-refractivity contribution in [1.29, 1.82) is 0 Å². The highest BCUT2D eigenvalue weighted by Crippen LogP contribution is 2.33. The monoisotopic (exact) mass is 351 g/mol. The Bertz CT molecular complexity index is 692. The number of anilines is 1. The van der Waals surface area contributed by atoms with Gasteiger partial charge in [-0.15, -0.1) is 28.1 Å². The van der Waals surface area contributed by atoms with Gasteiger partial charge in [0, 0.05) is 10.6 Å². The number of fused-ring (bicyclic) bond motifs is 1. The van der Waals surface area contributed by atoms with Crippen LogP contribution in [0.5, 0.6) is 0 Å². The SMILES string of the molecule is C=CCSc1nnc(NC(=O)c2cc3c(s2)CCC(C)C3)s1. The van der Waals surface area contributed by atoms with Crippen LogP contribution in [0.4, 0.5) is 5.13 Å². The van der Waals surface area contributed by atoms with Gasteiger partial charge in [0.15, 0.2) is 4.34 Å². The molecular weight excluding hydrogens is 334 g/mol. The van der Waals surface area contributed by atoms with Crippen molar-refractivity contribution in [3.63, 3.8) is 0 Å². The van der Waals surface area contributed by atoms with Gasteiger partial charge in [-0.3, -0.25) is 10.1 Å². The normalized spacial score (nSPS) is 17.0. The summed E-state index contributed by atoms with van der Waals surface area (Å²) in [7, 11) is 0. The minimum atomic E-state index is -0.0801. The zero-order chi connectivity index (χ0) is 15.5. The summed E-state index contributed by atoms with van der Waals surface area (Å²) in [6, 6.07) is 2.04. The molecule has 0 fully saturated rings. The third kappa shape index (κ3) is 3.59. The molecule has 0 saturated heterocycles. The fourth-order valence-electron chi connectivity index (χ4n) is 2.43. The third-order valence-electron chi connectivity index (χ3n) is 3.50. The number of aromatic nitrogens is 2. The van der Waals surface area contributed by atoms with Gasteiger partial charge in [-0.1, -0.05) is 36.1 Å². The number of hydrogen-bond acceptors (Lipinski definition) is 6. The lowest BCUT2D eigenvalue weighted by molar-refractivity contribution is 0.103. The molecule has 22 heavy (non-hydrogen) atoms. The standard InChI is InChI=1S/C15H17N3OS3/c1-3-6-20-15-18-17-14(22-15)16-13(19)12-8-10-7-9(2)4-5-11(10)21-12/h3,8-9H,1,4-7H2,2H3,(H,16,17,19). The Morgan fingerprint density at radius 1 is 1.55 bits per heavy atom. The Balaban J connectivity index is 1.67. The van der Waals surface area contributed by atoms with E-state index in [0.29, 0.717) is 11.0 Å². The highest BCUT2D eigenvalue weighted by atomic mass is 32.2. The summed E-state index contributed by atoms with van der Waals surface area (Å²) < 4.78 is 0.842. The van der Waals surface area contributed by atoms with Crippen molar-refractivity contribution >= 4 is 45.5 Å². The molecule has 1 amide bonds. The summed E-state index contributed by atoms with van der Waals surface area (Å²) in [5, 5.41) is 11.5. The molecule has 0 aliphatic heterocycles. The van der Waals surface area contributed by atoms with Crippen LogP contribution in [-0.4, -0.2) is 21.9 Å². The number of rotatable bonds is 5. The second kappa shape index (κ2) is 6.93. The molecule has 0 spiro atoms. The van der Waals surface area contributed by atoms with Gasteiger partial charge in [0.1, 0.15) is 0 Å². The van der Waals surface area contributed by atoms with Crippen molar-refractivity contribution < 1.29 is 4.79 Å². The molecule has 2 heterocycles. The number of thiophene rings is 1. The fraction of sp³-hybridized carbons (Fsp3) is 0.400. The van der Waals surface area contributed by atoms with Gasteiger partial charge < -0.3 is 0 Å². The first-order valence-corrected chi connectivity index (χ1v) is 9.77. The van der Waals surface area contributed by atoms with E-state index < -0.39 is 0 Å². The maximum absolute atomic E-state index is 12.4. The van der Waals surface area contributed by atoms with Gasteiger partial charge in [-0.2, -0.15) is 0 Å². The van der Waals surface area contributed by atoms with Gasteiger partial charge in [-0.25, -0.2) is 0 Å². The van der Waals surface area contributed by atoms with Crippen molar-refractivity contribution in [2.75, 3.05) is 11.1 Å². The number of carbonyl (C=O) groups is 1. The van der Waals surface area contributed by atoms with Crippen molar-refractivity contribution in [3.8, 4) is 0 Å². The van der Waals surface area contributed by atoms with Crippen LogP contribution < -0.4 is 5.32 Å². The highest BCUT2D eigenvalue weighted by Gasteiger charge is 2.21. The summed E-state index contributed by atoms with van der Waals surface area (Å²) in [6.45, 7) is 5.94. The lowest BCUT2D eigenvalue weighted by Crippen LogP contribution is -2.10. The summed E-state index contributed by atoms with van der Waals surface area (Å²) in [5.41, 5.74) is 1.34. The van der Waals surface area contributed by atoms with Crippen LogP contribution in [0, 0.1) is 5.92 Å².